The third-order valence-corrected chi connectivity index (χ3v) is 3.87. The fraction of sp³-hybridized carbons (Fsp3) is 0.500. The lowest BCUT2D eigenvalue weighted by molar-refractivity contribution is -0.142. The molecule has 1 aliphatic rings. The van der Waals surface area contributed by atoms with Crippen molar-refractivity contribution in [3.8, 4) is 0 Å². The van der Waals surface area contributed by atoms with Crippen molar-refractivity contribution in [2.75, 3.05) is 6.54 Å². The van der Waals surface area contributed by atoms with Crippen LogP contribution in [0.4, 0.5) is 0 Å². The lowest BCUT2D eigenvalue weighted by atomic mass is 10.00. The molecule has 1 aromatic rings. The van der Waals surface area contributed by atoms with Gasteiger partial charge in [0.1, 0.15) is 6.04 Å². The molecule has 5 heteroatoms. The number of amides is 1. The number of piperidine rings is 1. The van der Waals surface area contributed by atoms with Crippen LogP contribution in [0.1, 0.15) is 31.7 Å². The van der Waals surface area contributed by atoms with Gasteiger partial charge in [0.15, 0.2) is 0 Å². The number of carboxylic acids is 1. The van der Waals surface area contributed by atoms with Gasteiger partial charge in [-0.3, -0.25) is 14.5 Å². The summed E-state index contributed by atoms with van der Waals surface area (Å²) in [6, 6.07) is 8.95. The zero-order chi connectivity index (χ0) is 15.2. The van der Waals surface area contributed by atoms with Crippen LogP contribution in [0.25, 0.3) is 0 Å². The lowest BCUT2D eigenvalue weighted by Crippen LogP contribution is -2.52. The number of nitrogens with one attached hydrogen (secondary N) is 1. The third kappa shape index (κ3) is 4.29. The van der Waals surface area contributed by atoms with Crippen molar-refractivity contribution in [1.82, 2.24) is 10.2 Å². The minimum absolute atomic E-state index is 0.180. The number of benzene rings is 1. The van der Waals surface area contributed by atoms with Crippen molar-refractivity contribution in [2.24, 2.45) is 0 Å². The fourth-order valence-corrected chi connectivity index (χ4v) is 2.67. The van der Waals surface area contributed by atoms with E-state index in [-0.39, 0.29) is 11.9 Å². The second-order valence-corrected chi connectivity index (χ2v) is 5.54. The van der Waals surface area contributed by atoms with Gasteiger partial charge in [0.2, 0.25) is 5.91 Å². The smallest absolute Gasteiger partial charge is 0.325 e. The van der Waals surface area contributed by atoms with E-state index in [2.05, 4.69) is 10.2 Å². The number of hydrogen-bond donors (Lipinski definition) is 2. The Morgan fingerprint density at radius 1 is 1.33 bits per heavy atom. The maximum Gasteiger partial charge on any atom is 0.325 e. The van der Waals surface area contributed by atoms with Gasteiger partial charge in [-0.2, -0.15) is 0 Å². The molecule has 21 heavy (non-hydrogen) atoms. The maximum absolute atomic E-state index is 12.3. The molecule has 0 saturated carbocycles. The SMILES string of the molecule is CC(NC(=O)C1CCCCN1Cc1ccccc1)C(=O)O. The number of likely N-dealkylation sites (tertiary alicyclic amines) is 1. The Labute approximate surface area is 125 Å². The summed E-state index contributed by atoms with van der Waals surface area (Å²) < 4.78 is 0. The third-order valence-electron chi connectivity index (χ3n) is 3.87. The molecule has 1 heterocycles. The average molecular weight is 290 g/mol. The summed E-state index contributed by atoms with van der Waals surface area (Å²) in [5, 5.41) is 11.5. The molecule has 0 aliphatic carbocycles. The van der Waals surface area contributed by atoms with Crippen LogP contribution < -0.4 is 5.32 Å². The monoisotopic (exact) mass is 290 g/mol. The fourth-order valence-electron chi connectivity index (χ4n) is 2.67. The molecule has 1 fully saturated rings. The molecule has 1 saturated heterocycles. The van der Waals surface area contributed by atoms with Crippen LogP contribution in [0, 0.1) is 0 Å². The largest absolute Gasteiger partial charge is 0.480 e. The zero-order valence-electron chi connectivity index (χ0n) is 12.3. The van der Waals surface area contributed by atoms with Gasteiger partial charge in [0, 0.05) is 6.54 Å². The molecule has 1 aliphatic heterocycles. The molecule has 0 radical (unpaired) electrons. The standard InChI is InChI=1S/C16H22N2O3/c1-12(16(20)21)17-15(19)14-9-5-6-10-18(14)11-13-7-3-2-4-8-13/h2-4,7-8,12,14H,5-6,9-11H2,1H3,(H,17,19)(H,20,21). The quantitative estimate of drug-likeness (QED) is 0.865. The van der Waals surface area contributed by atoms with Crippen LogP contribution in [0.2, 0.25) is 0 Å². The van der Waals surface area contributed by atoms with Gasteiger partial charge in [0.25, 0.3) is 0 Å². The van der Waals surface area contributed by atoms with Gasteiger partial charge in [-0.1, -0.05) is 36.8 Å². The Kier molecular flexibility index (Phi) is 5.33. The van der Waals surface area contributed by atoms with E-state index in [1.807, 2.05) is 30.3 Å². The average Bonchev–Trinajstić information content (AvgIpc) is 2.48. The Bertz CT molecular complexity index is 490. The molecular formula is C16H22N2O3. The molecule has 2 atom stereocenters. The van der Waals surface area contributed by atoms with Crippen LogP contribution in [0.15, 0.2) is 30.3 Å². The highest BCUT2D eigenvalue weighted by Gasteiger charge is 2.30. The molecule has 1 aromatic carbocycles. The van der Waals surface area contributed by atoms with Crippen LogP contribution in [-0.4, -0.2) is 40.5 Å². The van der Waals surface area contributed by atoms with Crippen LogP contribution >= 0.6 is 0 Å². The minimum atomic E-state index is -1.01. The molecule has 114 valence electrons. The molecule has 0 bridgehead atoms. The van der Waals surface area contributed by atoms with Crippen LogP contribution in [0.3, 0.4) is 0 Å². The number of nitrogens with zero attached hydrogens (tertiary/aromatic N) is 1. The summed E-state index contributed by atoms with van der Waals surface area (Å²) in [6.45, 7) is 3.08. The van der Waals surface area contributed by atoms with Crippen molar-refractivity contribution < 1.29 is 14.7 Å². The van der Waals surface area contributed by atoms with Gasteiger partial charge >= 0.3 is 5.97 Å². The maximum atomic E-state index is 12.3. The van der Waals surface area contributed by atoms with Crippen LogP contribution in [-0.2, 0) is 16.1 Å². The topological polar surface area (TPSA) is 69.6 Å². The Morgan fingerprint density at radius 3 is 2.71 bits per heavy atom. The molecule has 2 N–H and O–H groups in total. The van der Waals surface area contributed by atoms with Crippen molar-refractivity contribution in [2.45, 2.75) is 44.8 Å². The molecular weight excluding hydrogens is 268 g/mol. The van der Waals surface area contributed by atoms with Crippen molar-refractivity contribution in [3.05, 3.63) is 35.9 Å². The summed E-state index contributed by atoms with van der Waals surface area (Å²) in [7, 11) is 0. The lowest BCUT2D eigenvalue weighted by Gasteiger charge is -2.35. The number of carbonyl (C=O) groups is 2. The second kappa shape index (κ2) is 7.22. The minimum Gasteiger partial charge on any atom is -0.480 e. The highest BCUT2D eigenvalue weighted by atomic mass is 16.4. The van der Waals surface area contributed by atoms with Gasteiger partial charge in [-0.05, 0) is 31.9 Å². The summed E-state index contributed by atoms with van der Waals surface area (Å²) >= 11 is 0. The molecule has 0 spiro atoms. The normalized spacial score (nSPS) is 20.7. The second-order valence-electron chi connectivity index (χ2n) is 5.54. The summed E-state index contributed by atoms with van der Waals surface area (Å²) in [4.78, 5) is 25.3. The van der Waals surface area contributed by atoms with Crippen LogP contribution in [0.5, 0.6) is 0 Å². The Morgan fingerprint density at radius 2 is 2.05 bits per heavy atom. The van der Waals surface area contributed by atoms with Crippen molar-refractivity contribution in [1.29, 1.82) is 0 Å². The molecule has 1 amide bonds. The van der Waals surface area contributed by atoms with E-state index in [1.165, 1.54) is 12.5 Å². The molecule has 5 nitrogen and oxygen atoms in total. The summed E-state index contributed by atoms with van der Waals surface area (Å²) in [5.74, 6) is -1.19. The number of aliphatic carboxylic acids is 1. The zero-order valence-corrected chi connectivity index (χ0v) is 12.3. The number of rotatable bonds is 5. The van der Waals surface area contributed by atoms with E-state index in [4.69, 9.17) is 5.11 Å². The molecule has 2 unspecified atom stereocenters. The van der Waals surface area contributed by atoms with E-state index in [0.717, 1.165) is 32.4 Å². The highest BCUT2D eigenvalue weighted by molar-refractivity contribution is 5.86. The summed E-state index contributed by atoms with van der Waals surface area (Å²) in [5.41, 5.74) is 1.17. The Hall–Kier alpha value is -1.88. The first-order chi connectivity index (χ1) is 10.1. The summed E-state index contributed by atoms with van der Waals surface area (Å²) in [6.07, 6.45) is 2.86. The first-order valence-electron chi connectivity index (χ1n) is 7.39. The van der Waals surface area contributed by atoms with Gasteiger partial charge in [0.05, 0.1) is 6.04 Å². The van der Waals surface area contributed by atoms with E-state index >= 15 is 0 Å². The number of carboxylic acid groups (broad SMARTS) is 1. The van der Waals surface area contributed by atoms with Crippen molar-refractivity contribution in [3.63, 3.8) is 0 Å². The van der Waals surface area contributed by atoms with Gasteiger partial charge in [-0.25, -0.2) is 0 Å². The highest BCUT2D eigenvalue weighted by Crippen LogP contribution is 2.20. The predicted octanol–water partition coefficient (Wildman–Crippen LogP) is 1.63. The first-order valence-corrected chi connectivity index (χ1v) is 7.39. The Balaban J connectivity index is 2.01. The number of hydrogen-bond acceptors (Lipinski definition) is 3. The van der Waals surface area contributed by atoms with Gasteiger partial charge < -0.3 is 10.4 Å². The first kappa shape index (κ1) is 15.5. The predicted molar refractivity (Wildman–Crippen MR) is 79.7 cm³/mol. The van der Waals surface area contributed by atoms with E-state index < -0.39 is 12.0 Å². The molecule has 2 rings (SSSR count). The van der Waals surface area contributed by atoms with E-state index in [9.17, 15) is 9.59 Å². The van der Waals surface area contributed by atoms with Gasteiger partial charge in [-0.15, -0.1) is 0 Å². The molecule has 0 aromatic heterocycles. The van der Waals surface area contributed by atoms with E-state index in [1.54, 1.807) is 0 Å². The van der Waals surface area contributed by atoms with Crippen molar-refractivity contribution >= 4 is 11.9 Å². The van der Waals surface area contributed by atoms with E-state index in [0.29, 0.717) is 0 Å². The number of carbonyl (C=O) groups excluding carboxylic acids is 1.